The third kappa shape index (κ3) is 2.80. The van der Waals surface area contributed by atoms with E-state index >= 15 is 0 Å². The fourth-order valence-corrected chi connectivity index (χ4v) is 0.691. The van der Waals surface area contributed by atoms with Crippen LogP contribution in [-0.2, 0) is 14.3 Å². The van der Waals surface area contributed by atoms with Gasteiger partial charge in [-0.15, -0.1) is 0 Å². The number of esters is 1. The number of ether oxygens (including phenoxy) is 1. The molecule has 0 aliphatic carbocycles. The predicted octanol–water partition coefficient (Wildman–Crippen LogP) is 0.962. The molecule has 0 N–H and O–H groups in total. The molecule has 1 heterocycles. The van der Waals surface area contributed by atoms with Crippen LogP contribution in [0.25, 0.3) is 0 Å². The molecule has 0 spiro atoms. The normalized spacial score (nSPS) is 24.4. The van der Waals surface area contributed by atoms with Crippen molar-refractivity contribution in [2.45, 2.75) is 12.8 Å². The minimum atomic E-state index is -0.341. The number of ketones is 1. The Morgan fingerprint density at radius 2 is 2.00 bits per heavy atom. The van der Waals surface area contributed by atoms with E-state index in [1.165, 1.54) is 24.5 Å². The van der Waals surface area contributed by atoms with Crippen LogP contribution in [0.5, 0.6) is 0 Å². The van der Waals surface area contributed by atoms with E-state index in [0.717, 1.165) is 0 Å². The van der Waals surface area contributed by atoms with Gasteiger partial charge in [0.2, 0.25) is 0 Å². The first-order valence-electron chi connectivity index (χ1n) is 3.33. The Morgan fingerprint density at radius 1 is 1.18 bits per heavy atom. The topological polar surface area (TPSA) is 43.4 Å². The number of hydrogen-bond acceptors (Lipinski definition) is 3. The van der Waals surface area contributed by atoms with Crippen LogP contribution >= 0.6 is 0 Å². The highest BCUT2D eigenvalue weighted by molar-refractivity contribution is 5.91. The van der Waals surface area contributed by atoms with Crippen LogP contribution in [0, 0.1) is 0 Å². The summed E-state index contributed by atoms with van der Waals surface area (Å²) in [6.07, 6.45) is 6.15. The number of hydrogen-bond donors (Lipinski definition) is 0. The predicted molar refractivity (Wildman–Crippen MR) is 38.6 cm³/mol. The Morgan fingerprint density at radius 3 is 2.82 bits per heavy atom. The summed E-state index contributed by atoms with van der Waals surface area (Å²) in [6, 6.07) is 0. The maximum absolute atomic E-state index is 10.8. The number of allylic oxidation sites excluding steroid dienone is 2. The molecule has 0 aromatic carbocycles. The average Bonchev–Trinajstić information content (AvgIpc) is 2.04. The van der Waals surface area contributed by atoms with Crippen LogP contribution in [0.2, 0.25) is 0 Å². The van der Waals surface area contributed by atoms with Crippen molar-refractivity contribution >= 4 is 11.8 Å². The summed E-state index contributed by atoms with van der Waals surface area (Å²) in [6.45, 7) is 0. The van der Waals surface area contributed by atoms with Crippen molar-refractivity contribution in [3.63, 3.8) is 0 Å². The molecule has 3 heteroatoms. The van der Waals surface area contributed by atoms with Gasteiger partial charge >= 0.3 is 5.97 Å². The number of rotatable bonds is 0. The van der Waals surface area contributed by atoms with Gasteiger partial charge in [-0.1, -0.05) is 6.08 Å². The molecule has 3 nitrogen and oxygen atoms in total. The molecule has 0 fully saturated rings. The van der Waals surface area contributed by atoms with Gasteiger partial charge in [-0.05, 0) is 12.2 Å². The monoisotopic (exact) mass is 152 g/mol. The third-order valence-electron chi connectivity index (χ3n) is 1.20. The zero-order valence-electron chi connectivity index (χ0n) is 5.95. The Kier molecular flexibility index (Phi) is 2.60. The smallest absolute Gasteiger partial charge is 0.314 e. The maximum atomic E-state index is 10.8. The van der Waals surface area contributed by atoms with E-state index in [1.807, 2.05) is 0 Å². The number of cyclic esters (lactones) is 1. The lowest BCUT2D eigenvalue weighted by Crippen LogP contribution is -1.95. The van der Waals surface area contributed by atoms with Gasteiger partial charge < -0.3 is 4.74 Å². The summed E-state index contributed by atoms with van der Waals surface area (Å²) in [4.78, 5) is 21.4. The summed E-state index contributed by atoms with van der Waals surface area (Å²) in [5.41, 5.74) is 0. The number of carbonyl (C=O) groups excluding carboxylic acids is 2. The minimum Gasteiger partial charge on any atom is -0.435 e. The van der Waals surface area contributed by atoms with E-state index in [1.54, 1.807) is 0 Å². The van der Waals surface area contributed by atoms with Gasteiger partial charge in [0.15, 0.2) is 5.78 Å². The van der Waals surface area contributed by atoms with Gasteiger partial charge in [0.25, 0.3) is 0 Å². The highest BCUT2D eigenvalue weighted by Crippen LogP contribution is 1.97. The van der Waals surface area contributed by atoms with Gasteiger partial charge in [0, 0.05) is 6.42 Å². The average molecular weight is 152 g/mol. The van der Waals surface area contributed by atoms with Crippen molar-refractivity contribution in [2.75, 3.05) is 0 Å². The molecule has 0 aromatic rings. The molecule has 1 aliphatic heterocycles. The van der Waals surface area contributed by atoms with Gasteiger partial charge in [0.1, 0.15) is 0 Å². The van der Waals surface area contributed by atoms with Crippen molar-refractivity contribution in [3.8, 4) is 0 Å². The zero-order valence-corrected chi connectivity index (χ0v) is 5.95. The Labute approximate surface area is 64.3 Å². The van der Waals surface area contributed by atoms with Crippen molar-refractivity contribution < 1.29 is 14.3 Å². The quantitative estimate of drug-likeness (QED) is 0.485. The minimum absolute atomic E-state index is 0.0143. The maximum Gasteiger partial charge on any atom is 0.314 e. The van der Waals surface area contributed by atoms with Crippen LogP contribution in [0.15, 0.2) is 24.5 Å². The van der Waals surface area contributed by atoms with Crippen molar-refractivity contribution in [1.82, 2.24) is 0 Å². The molecule has 0 amide bonds. The van der Waals surface area contributed by atoms with E-state index in [9.17, 15) is 9.59 Å². The SMILES string of the molecule is O=C1/C=C\CC(=O)O/C=C\C1. The van der Waals surface area contributed by atoms with Crippen LogP contribution in [-0.4, -0.2) is 11.8 Å². The second-order valence-corrected chi connectivity index (χ2v) is 2.14. The lowest BCUT2D eigenvalue weighted by Gasteiger charge is -1.91. The van der Waals surface area contributed by atoms with E-state index in [4.69, 9.17) is 0 Å². The molecule has 1 aliphatic rings. The molecular weight excluding hydrogens is 144 g/mol. The Bertz CT molecular complexity index is 225. The van der Waals surface area contributed by atoms with Crippen LogP contribution in [0.1, 0.15) is 12.8 Å². The second kappa shape index (κ2) is 3.71. The van der Waals surface area contributed by atoms with Gasteiger partial charge in [-0.3, -0.25) is 9.59 Å². The molecule has 0 saturated heterocycles. The second-order valence-electron chi connectivity index (χ2n) is 2.14. The molecule has 1 rings (SSSR count). The van der Waals surface area contributed by atoms with E-state index in [-0.39, 0.29) is 18.2 Å². The largest absolute Gasteiger partial charge is 0.435 e. The van der Waals surface area contributed by atoms with E-state index in [0.29, 0.717) is 6.42 Å². The highest BCUT2D eigenvalue weighted by Gasteiger charge is 2.00. The Hall–Kier alpha value is -1.38. The summed E-state index contributed by atoms with van der Waals surface area (Å²) in [7, 11) is 0. The summed E-state index contributed by atoms with van der Waals surface area (Å²) in [5.74, 6) is -0.355. The summed E-state index contributed by atoms with van der Waals surface area (Å²) >= 11 is 0. The molecule has 0 radical (unpaired) electrons. The molecule has 58 valence electrons. The highest BCUT2D eigenvalue weighted by atomic mass is 16.5. The molecular formula is C8H8O3. The fourth-order valence-electron chi connectivity index (χ4n) is 0.691. The lowest BCUT2D eigenvalue weighted by molar-refractivity contribution is -0.137. The molecule has 0 bridgehead atoms. The first kappa shape index (κ1) is 7.72. The first-order chi connectivity index (χ1) is 5.29. The third-order valence-corrected chi connectivity index (χ3v) is 1.20. The van der Waals surface area contributed by atoms with Crippen molar-refractivity contribution in [1.29, 1.82) is 0 Å². The molecule has 0 atom stereocenters. The molecule has 0 aromatic heterocycles. The Balaban J connectivity index is 2.63. The molecule has 0 saturated carbocycles. The van der Waals surface area contributed by atoms with Gasteiger partial charge in [-0.25, -0.2) is 0 Å². The zero-order chi connectivity index (χ0) is 8.10. The lowest BCUT2D eigenvalue weighted by atomic mass is 10.2. The van der Waals surface area contributed by atoms with Crippen LogP contribution in [0.4, 0.5) is 0 Å². The number of carbonyl (C=O) groups is 2. The van der Waals surface area contributed by atoms with E-state index < -0.39 is 0 Å². The van der Waals surface area contributed by atoms with E-state index in [2.05, 4.69) is 4.74 Å². The molecule has 11 heavy (non-hydrogen) atoms. The molecule has 0 unspecified atom stereocenters. The standard InChI is InChI=1S/C8H8O3/c9-7-3-1-5-8(10)11-6-2-4-7/h1-3,6H,4-5H2/b3-1-,6-2-. The van der Waals surface area contributed by atoms with Crippen LogP contribution < -0.4 is 0 Å². The van der Waals surface area contributed by atoms with Crippen LogP contribution in [0.3, 0.4) is 0 Å². The fraction of sp³-hybridized carbons (Fsp3) is 0.250. The first-order valence-corrected chi connectivity index (χ1v) is 3.33. The van der Waals surface area contributed by atoms with Gasteiger partial charge in [0.05, 0.1) is 12.7 Å². The van der Waals surface area contributed by atoms with Gasteiger partial charge in [-0.2, -0.15) is 0 Å². The summed E-state index contributed by atoms with van der Waals surface area (Å²) in [5, 5.41) is 0. The van der Waals surface area contributed by atoms with Crippen molar-refractivity contribution in [2.24, 2.45) is 0 Å². The van der Waals surface area contributed by atoms with Crippen molar-refractivity contribution in [3.05, 3.63) is 24.5 Å². The summed E-state index contributed by atoms with van der Waals surface area (Å²) < 4.78 is 4.59.